The summed E-state index contributed by atoms with van der Waals surface area (Å²) < 4.78 is 25.0. The van der Waals surface area contributed by atoms with Crippen LogP contribution in [0.25, 0.3) is 0 Å². The first-order chi connectivity index (χ1) is 16.9. The summed E-state index contributed by atoms with van der Waals surface area (Å²) in [5.41, 5.74) is 0. The molecule has 214 valence electrons. The van der Waals surface area contributed by atoms with Crippen LogP contribution in [0.1, 0.15) is 0 Å². The highest BCUT2D eigenvalue weighted by atomic mass is 16.8. The maximum absolute atomic E-state index is 10.00. The van der Waals surface area contributed by atoms with Crippen molar-refractivity contribution >= 4 is 0 Å². The molecule has 0 aromatic carbocycles. The average Bonchev–Trinajstić information content (AvgIpc) is 3.12. The number of ether oxygens (including phenoxy) is 5. The van der Waals surface area contributed by atoms with Crippen molar-refractivity contribution in [2.45, 2.75) is 85.5 Å². The SMILES string of the molecule is CO[C@@H]1[C@@H](O)[C@@H](O)[C@@H](CO)O[C@H]1O.OC[C@H]1O[C@@](CO)(O[C@H]2O[C@H](CO)[C@@H](O)[C@H](O)[C@H]2O)[C@@H](O)[C@@H]1O. The van der Waals surface area contributed by atoms with Gasteiger partial charge in [-0.25, -0.2) is 0 Å². The van der Waals surface area contributed by atoms with Crippen molar-refractivity contribution in [3.63, 3.8) is 0 Å². The van der Waals surface area contributed by atoms with E-state index in [1.165, 1.54) is 7.11 Å². The van der Waals surface area contributed by atoms with E-state index >= 15 is 0 Å². The van der Waals surface area contributed by atoms with Gasteiger partial charge in [-0.15, -0.1) is 0 Å². The number of aliphatic hydroxyl groups excluding tert-OH is 12. The van der Waals surface area contributed by atoms with Crippen LogP contribution in [0.3, 0.4) is 0 Å². The Morgan fingerprint density at radius 1 is 0.639 bits per heavy atom. The fraction of sp³-hybridized carbons (Fsp3) is 1.00. The Balaban J connectivity index is 0.000000297. The first-order valence-corrected chi connectivity index (χ1v) is 11.0. The lowest BCUT2D eigenvalue weighted by Gasteiger charge is -2.43. The fourth-order valence-corrected chi connectivity index (χ4v) is 3.96. The standard InChI is InChI=1S/C12H22O11.C7H14O6/c13-1-4-6(16)8(18)9(19)11(21-4)23-12(3-15)10(20)7(17)5(2-14)22-12;1-12-6-5(10)4(9)3(2-8)13-7(6)11/h4-11,13-20H,1-3H2;3-11H,2H2,1H3/t4-,5-,6-,7-,8+,9-,10+,11-,12+;3-,4+,5+,6-,7-/m11/s1. The summed E-state index contributed by atoms with van der Waals surface area (Å²) in [6.07, 6.45) is -18.5. The van der Waals surface area contributed by atoms with Gasteiger partial charge in [-0.1, -0.05) is 0 Å². The van der Waals surface area contributed by atoms with E-state index < -0.39 is 112 Å². The summed E-state index contributed by atoms with van der Waals surface area (Å²) in [5, 5.41) is 113. The first kappa shape index (κ1) is 31.5. The van der Waals surface area contributed by atoms with Gasteiger partial charge in [-0.3, -0.25) is 0 Å². The topological polar surface area (TPSA) is 289 Å². The highest BCUT2D eigenvalue weighted by Gasteiger charge is 2.58. The second-order valence-corrected chi connectivity index (χ2v) is 8.49. The Labute approximate surface area is 204 Å². The van der Waals surface area contributed by atoms with Crippen LogP contribution in [0, 0.1) is 0 Å². The summed E-state index contributed by atoms with van der Waals surface area (Å²) in [5.74, 6) is -2.22. The van der Waals surface area contributed by atoms with E-state index in [1.54, 1.807) is 0 Å². The summed E-state index contributed by atoms with van der Waals surface area (Å²) >= 11 is 0. The molecule has 3 rings (SSSR count). The second-order valence-electron chi connectivity index (χ2n) is 8.49. The minimum atomic E-state index is -2.22. The van der Waals surface area contributed by atoms with Crippen LogP contribution in [-0.2, 0) is 23.7 Å². The lowest BCUT2D eigenvalue weighted by atomic mass is 9.99. The van der Waals surface area contributed by atoms with Crippen LogP contribution >= 0.6 is 0 Å². The summed E-state index contributed by atoms with van der Waals surface area (Å²) in [6, 6.07) is 0. The van der Waals surface area contributed by atoms with Gasteiger partial charge >= 0.3 is 0 Å². The molecule has 12 N–H and O–H groups in total. The van der Waals surface area contributed by atoms with E-state index in [1.807, 2.05) is 0 Å². The molecule has 0 spiro atoms. The van der Waals surface area contributed by atoms with Gasteiger partial charge in [0.2, 0.25) is 5.79 Å². The third-order valence-corrected chi connectivity index (χ3v) is 6.19. The maximum Gasteiger partial charge on any atom is 0.224 e. The Morgan fingerprint density at radius 2 is 1.17 bits per heavy atom. The van der Waals surface area contributed by atoms with Gasteiger partial charge < -0.3 is 85.0 Å². The third-order valence-electron chi connectivity index (χ3n) is 6.19. The molecule has 3 aliphatic rings. The molecule has 0 amide bonds. The van der Waals surface area contributed by atoms with E-state index in [2.05, 4.69) is 0 Å². The molecule has 14 atom stereocenters. The van der Waals surface area contributed by atoms with Gasteiger partial charge in [-0.2, -0.15) is 0 Å². The molecule has 3 aliphatic heterocycles. The zero-order valence-electron chi connectivity index (χ0n) is 19.2. The van der Waals surface area contributed by atoms with Gasteiger partial charge in [0.25, 0.3) is 0 Å². The number of aliphatic hydroxyl groups is 12. The van der Waals surface area contributed by atoms with Crippen LogP contribution in [-0.4, -0.2) is 180 Å². The van der Waals surface area contributed by atoms with Crippen molar-refractivity contribution in [3.8, 4) is 0 Å². The van der Waals surface area contributed by atoms with Gasteiger partial charge in [0.05, 0.1) is 19.8 Å². The van der Waals surface area contributed by atoms with Crippen LogP contribution in [0.5, 0.6) is 0 Å². The van der Waals surface area contributed by atoms with Crippen molar-refractivity contribution in [1.82, 2.24) is 0 Å². The lowest BCUT2D eigenvalue weighted by molar-refractivity contribution is -0.383. The molecule has 0 unspecified atom stereocenters. The molecule has 0 aromatic heterocycles. The summed E-state index contributed by atoms with van der Waals surface area (Å²) in [4.78, 5) is 0. The van der Waals surface area contributed by atoms with E-state index in [0.29, 0.717) is 0 Å². The molecule has 36 heavy (non-hydrogen) atoms. The fourth-order valence-electron chi connectivity index (χ4n) is 3.96. The normalized spacial score (nSPS) is 49.4. The molecule has 0 radical (unpaired) electrons. The van der Waals surface area contributed by atoms with Crippen LogP contribution in [0.15, 0.2) is 0 Å². The molecule has 3 saturated heterocycles. The van der Waals surface area contributed by atoms with E-state index in [9.17, 15) is 46.0 Å². The molecule has 17 heteroatoms. The predicted molar refractivity (Wildman–Crippen MR) is 109 cm³/mol. The number of rotatable bonds is 7. The van der Waals surface area contributed by atoms with Crippen molar-refractivity contribution in [3.05, 3.63) is 0 Å². The number of methoxy groups -OCH3 is 1. The van der Waals surface area contributed by atoms with E-state index in [-0.39, 0.29) is 0 Å². The van der Waals surface area contributed by atoms with Crippen LogP contribution in [0.2, 0.25) is 0 Å². The predicted octanol–water partition coefficient (Wildman–Crippen LogP) is -7.96. The Kier molecular flexibility index (Phi) is 11.7. The Hall–Kier alpha value is -0.680. The largest absolute Gasteiger partial charge is 0.394 e. The highest BCUT2D eigenvalue weighted by Crippen LogP contribution is 2.35. The third kappa shape index (κ3) is 6.30. The van der Waals surface area contributed by atoms with Crippen molar-refractivity contribution in [2.24, 2.45) is 0 Å². The highest BCUT2D eigenvalue weighted by molar-refractivity contribution is 4.98. The molecular formula is C19H36O17. The van der Waals surface area contributed by atoms with Crippen molar-refractivity contribution in [2.75, 3.05) is 33.5 Å². The van der Waals surface area contributed by atoms with Crippen LogP contribution in [0.4, 0.5) is 0 Å². The number of hydrogen-bond acceptors (Lipinski definition) is 17. The Morgan fingerprint density at radius 3 is 1.64 bits per heavy atom. The van der Waals surface area contributed by atoms with Crippen molar-refractivity contribution < 1.29 is 85.0 Å². The molecule has 0 aliphatic carbocycles. The molecule has 3 fully saturated rings. The van der Waals surface area contributed by atoms with Crippen molar-refractivity contribution in [1.29, 1.82) is 0 Å². The monoisotopic (exact) mass is 536 g/mol. The van der Waals surface area contributed by atoms with E-state index in [0.717, 1.165) is 0 Å². The van der Waals surface area contributed by atoms with Gasteiger partial charge in [0.1, 0.15) is 73.8 Å². The zero-order chi connectivity index (χ0) is 27.4. The van der Waals surface area contributed by atoms with Gasteiger partial charge in [0, 0.05) is 7.11 Å². The maximum atomic E-state index is 10.00. The molecular weight excluding hydrogens is 500 g/mol. The van der Waals surface area contributed by atoms with E-state index in [4.69, 9.17) is 39.0 Å². The van der Waals surface area contributed by atoms with Gasteiger partial charge in [0.15, 0.2) is 12.6 Å². The zero-order valence-corrected chi connectivity index (χ0v) is 19.2. The molecule has 17 nitrogen and oxygen atoms in total. The molecule has 0 aromatic rings. The molecule has 3 heterocycles. The summed E-state index contributed by atoms with van der Waals surface area (Å²) in [7, 11) is 1.28. The smallest absolute Gasteiger partial charge is 0.224 e. The molecule has 0 saturated carbocycles. The minimum Gasteiger partial charge on any atom is -0.394 e. The van der Waals surface area contributed by atoms with Gasteiger partial charge in [-0.05, 0) is 0 Å². The first-order valence-electron chi connectivity index (χ1n) is 11.0. The second kappa shape index (κ2) is 13.4. The quantitative estimate of drug-likeness (QED) is 0.144. The average molecular weight is 536 g/mol. The van der Waals surface area contributed by atoms with Crippen LogP contribution < -0.4 is 0 Å². The lowest BCUT2D eigenvalue weighted by Crippen LogP contribution is -2.62. The molecule has 0 bridgehead atoms. The Bertz CT molecular complexity index is 655. The minimum absolute atomic E-state index is 0.467. The number of hydrogen-bond donors (Lipinski definition) is 12. The summed E-state index contributed by atoms with van der Waals surface area (Å²) in [6.45, 7) is -2.79.